The van der Waals surface area contributed by atoms with Crippen molar-refractivity contribution in [1.29, 1.82) is 0 Å². The number of pyridine rings is 1. The lowest BCUT2D eigenvalue weighted by molar-refractivity contribution is 0.0949. The fourth-order valence-corrected chi connectivity index (χ4v) is 3.06. The lowest BCUT2D eigenvalue weighted by atomic mass is 10.3. The first-order valence-electron chi connectivity index (χ1n) is 6.98. The zero-order valence-electron chi connectivity index (χ0n) is 12.4. The smallest absolute Gasteiger partial charge is 0.258 e. The van der Waals surface area contributed by atoms with E-state index in [0.717, 1.165) is 16.3 Å². The number of aromatic nitrogens is 3. The first-order valence-corrected chi connectivity index (χ1v) is 8.91. The van der Waals surface area contributed by atoms with Gasteiger partial charge in [0, 0.05) is 11.6 Å². The Morgan fingerprint density at radius 2 is 2.30 bits per heavy atom. The van der Waals surface area contributed by atoms with E-state index < -0.39 is 0 Å². The third-order valence-electron chi connectivity index (χ3n) is 2.93. The summed E-state index contributed by atoms with van der Waals surface area (Å²) in [5.74, 6) is 1.62. The van der Waals surface area contributed by atoms with Gasteiger partial charge in [-0.1, -0.05) is 12.1 Å². The van der Waals surface area contributed by atoms with Crippen molar-refractivity contribution < 1.29 is 9.32 Å². The zero-order valence-corrected chi connectivity index (χ0v) is 14.0. The van der Waals surface area contributed by atoms with Crippen LogP contribution in [0.15, 0.2) is 44.7 Å². The summed E-state index contributed by atoms with van der Waals surface area (Å²) < 4.78 is 5.17. The third kappa shape index (κ3) is 3.96. The number of thioether (sulfide) groups is 1. The van der Waals surface area contributed by atoms with Crippen molar-refractivity contribution in [1.82, 2.24) is 20.4 Å². The molecule has 3 rings (SSSR count). The van der Waals surface area contributed by atoms with Crippen molar-refractivity contribution in [3.8, 4) is 11.5 Å². The highest BCUT2D eigenvalue weighted by Crippen LogP contribution is 2.19. The molecule has 0 aliphatic carbocycles. The minimum absolute atomic E-state index is 0.206. The lowest BCUT2D eigenvalue weighted by Gasteiger charge is -2.03. The van der Waals surface area contributed by atoms with Gasteiger partial charge in [-0.05, 0) is 29.3 Å². The number of nitrogens with zero attached hydrogens (tertiary/aromatic N) is 3. The Labute approximate surface area is 141 Å². The Bertz CT molecular complexity index is 769. The standard InChI is InChI=1S/C15H14N4O2S2/c1-2-23-13-4-3-10(7-16-13)14(20)17-8-12-18-15(21-19-12)11-5-6-22-9-11/h3-7,9H,2,8H2,1H3,(H,17,20). The Balaban J connectivity index is 1.58. The number of hydrogen-bond donors (Lipinski definition) is 1. The van der Waals surface area contributed by atoms with E-state index >= 15 is 0 Å². The van der Waals surface area contributed by atoms with Crippen LogP contribution in [0.3, 0.4) is 0 Å². The molecule has 0 aliphatic rings. The summed E-state index contributed by atoms with van der Waals surface area (Å²) in [7, 11) is 0. The summed E-state index contributed by atoms with van der Waals surface area (Å²) in [4.78, 5) is 20.6. The summed E-state index contributed by atoms with van der Waals surface area (Å²) in [6.07, 6.45) is 1.57. The van der Waals surface area contributed by atoms with Crippen molar-refractivity contribution >= 4 is 29.0 Å². The predicted molar refractivity (Wildman–Crippen MR) is 89.4 cm³/mol. The van der Waals surface area contributed by atoms with Crippen molar-refractivity contribution in [3.05, 3.63) is 46.5 Å². The van der Waals surface area contributed by atoms with Crippen molar-refractivity contribution in [2.45, 2.75) is 18.5 Å². The fraction of sp³-hybridized carbons (Fsp3) is 0.200. The van der Waals surface area contributed by atoms with Crippen LogP contribution in [0.2, 0.25) is 0 Å². The molecule has 0 aromatic carbocycles. The van der Waals surface area contributed by atoms with E-state index in [-0.39, 0.29) is 12.5 Å². The van der Waals surface area contributed by atoms with Crippen LogP contribution in [0.25, 0.3) is 11.5 Å². The van der Waals surface area contributed by atoms with Gasteiger partial charge >= 0.3 is 0 Å². The Morgan fingerprint density at radius 1 is 1.39 bits per heavy atom. The van der Waals surface area contributed by atoms with E-state index in [0.29, 0.717) is 17.3 Å². The molecule has 118 valence electrons. The van der Waals surface area contributed by atoms with Crippen LogP contribution in [-0.2, 0) is 6.54 Å². The summed E-state index contributed by atoms with van der Waals surface area (Å²) in [5, 5.41) is 11.4. The summed E-state index contributed by atoms with van der Waals surface area (Å²) in [5.41, 5.74) is 1.39. The molecule has 1 N–H and O–H groups in total. The van der Waals surface area contributed by atoms with Gasteiger partial charge in [0.1, 0.15) is 0 Å². The summed E-state index contributed by atoms with van der Waals surface area (Å²) in [6.45, 7) is 2.26. The molecule has 1 amide bonds. The first-order chi connectivity index (χ1) is 11.3. The number of carbonyl (C=O) groups is 1. The van der Waals surface area contributed by atoms with Gasteiger partial charge in [0.2, 0.25) is 0 Å². The number of hydrogen-bond acceptors (Lipinski definition) is 7. The molecule has 0 unspecified atom stereocenters. The number of nitrogens with one attached hydrogen (secondary N) is 1. The van der Waals surface area contributed by atoms with Gasteiger partial charge in [-0.15, -0.1) is 11.8 Å². The average Bonchev–Trinajstić information content (AvgIpc) is 3.25. The van der Waals surface area contributed by atoms with Crippen LogP contribution in [0.5, 0.6) is 0 Å². The van der Waals surface area contributed by atoms with Gasteiger partial charge < -0.3 is 9.84 Å². The second-order valence-corrected chi connectivity index (χ2v) is 6.59. The molecular weight excluding hydrogens is 332 g/mol. The number of amides is 1. The quantitative estimate of drug-likeness (QED) is 0.690. The molecular formula is C15H14N4O2S2. The molecule has 0 fully saturated rings. The largest absolute Gasteiger partial charge is 0.345 e. The predicted octanol–water partition coefficient (Wildman–Crippen LogP) is 3.24. The Kier molecular flexibility index (Phi) is 5.04. The van der Waals surface area contributed by atoms with E-state index in [1.807, 2.05) is 22.9 Å². The Morgan fingerprint density at radius 3 is 3.00 bits per heavy atom. The van der Waals surface area contributed by atoms with Crippen LogP contribution in [0, 0.1) is 0 Å². The summed E-state index contributed by atoms with van der Waals surface area (Å²) >= 11 is 3.19. The van der Waals surface area contributed by atoms with E-state index in [1.54, 1.807) is 35.4 Å². The SMILES string of the molecule is CCSc1ccc(C(=O)NCc2noc(-c3ccsc3)n2)cn1. The molecule has 3 heterocycles. The molecule has 3 aromatic rings. The topological polar surface area (TPSA) is 80.9 Å². The van der Waals surface area contributed by atoms with Crippen LogP contribution in [0.4, 0.5) is 0 Å². The summed E-state index contributed by atoms with van der Waals surface area (Å²) in [6, 6.07) is 5.50. The zero-order chi connectivity index (χ0) is 16.1. The average molecular weight is 346 g/mol. The second kappa shape index (κ2) is 7.38. The molecule has 0 aliphatic heterocycles. The van der Waals surface area contributed by atoms with Crippen molar-refractivity contribution in [2.24, 2.45) is 0 Å². The normalized spacial score (nSPS) is 10.7. The maximum absolute atomic E-state index is 12.1. The van der Waals surface area contributed by atoms with Crippen LogP contribution in [-0.4, -0.2) is 26.8 Å². The molecule has 0 spiro atoms. The highest BCUT2D eigenvalue weighted by atomic mass is 32.2. The van der Waals surface area contributed by atoms with Crippen LogP contribution >= 0.6 is 23.1 Å². The molecule has 23 heavy (non-hydrogen) atoms. The van der Waals surface area contributed by atoms with Gasteiger partial charge in [-0.3, -0.25) is 4.79 Å². The molecule has 0 radical (unpaired) electrons. The molecule has 3 aromatic heterocycles. The van der Waals surface area contributed by atoms with E-state index in [1.165, 1.54) is 0 Å². The fourth-order valence-electron chi connectivity index (χ4n) is 1.84. The van der Waals surface area contributed by atoms with Gasteiger partial charge in [0.15, 0.2) is 5.82 Å². The molecule has 0 bridgehead atoms. The first kappa shape index (κ1) is 15.7. The molecule has 6 nitrogen and oxygen atoms in total. The monoisotopic (exact) mass is 346 g/mol. The highest BCUT2D eigenvalue weighted by Gasteiger charge is 2.11. The minimum Gasteiger partial charge on any atom is -0.345 e. The maximum atomic E-state index is 12.1. The third-order valence-corrected chi connectivity index (χ3v) is 4.44. The number of thiophene rings is 1. The molecule has 8 heteroatoms. The van der Waals surface area contributed by atoms with Crippen LogP contribution in [0.1, 0.15) is 23.1 Å². The molecule has 0 saturated carbocycles. The lowest BCUT2D eigenvalue weighted by Crippen LogP contribution is -2.23. The maximum Gasteiger partial charge on any atom is 0.258 e. The van der Waals surface area contributed by atoms with Gasteiger partial charge in [0.05, 0.1) is 22.7 Å². The number of rotatable bonds is 6. The minimum atomic E-state index is -0.215. The van der Waals surface area contributed by atoms with E-state index in [9.17, 15) is 4.79 Å². The van der Waals surface area contributed by atoms with Crippen molar-refractivity contribution in [2.75, 3.05) is 5.75 Å². The van der Waals surface area contributed by atoms with Gasteiger partial charge in [-0.25, -0.2) is 4.98 Å². The molecule has 0 saturated heterocycles. The Hall–Kier alpha value is -2.19. The highest BCUT2D eigenvalue weighted by molar-refractivity contribution is 7.99. The molecule has 0 atom stereocenters. The van der Waals surface area contributed by atoms with Gasteiger partial charge in [0.25, 0.3) is 11.8 Å². The number of carbonyl (C=O) groups excluding carboxylic acids is 1. The second-order valence-electron chi connectivity index (χ2n) is 4.53. The van der Waals surface area contributed by atoms with E-state index in [2.05, 4.69) is 27.4 Å². The van der Waals surface area contributed by atoms with E-state index in [4.69, 9.17) is 4.52 Å². The van der Waals surface area contributed by atoms with Gasteiger partial charge in [-0.2, -0.15) is 16.3 Å². The van der Waals surface area contributed by atoms with Crippen LogP contribution < -0.4 is 5.32 Å². The van der Waals surface area contributed by atoms with Crippen molar-refractivity contribution in [3.63, 3.8) is 0 Å².